The number of carboxylic acids is 1. The van der Waals surface area contributed by atoms with E-state index in [1.807, 2.05) is 37.3 Å². The molecule has 3 atom stereocenters. The summed E-state index contributed by atoms with van der Waals surface area (Å²) in [5.41, 5.74) is 0.578. The Morgan fingerprint density at radius 1 is 1.10 bits per heavy atom. The van der Waals surface area contributed by atoms with Crippen molar-refractivity contribution in [2.24, 2.45) is 5.41 Å². The predicted molar refractivity (Wildman–Crippen MR) is 78.7 cm³/mol. The second kappa shape index (κ2) is 4.99. The second-order valence-corrected chi connectivity index (χ2v) is 5.59. The molecule has 0 amide bonds. The highest BCUT2D eigenvalue weighted by Crippen LogP contribution is 2.72. The fraction of sp³-hybridized carbons (Fsp3) is 0.278. The highest BCUT2D eigenvalue weighted by atomic mass is 19.1. The Balaban J connectivity index is 2.10. The summed E-state index contributed by atoms with van der Waals surface area (Å²) in [4.78, 5) is 11.9. The molecule has 1 N–H and O–H groups in total. The molecule has 1 aliphatic carbocycles. The monoisotopic (exact) mass is 284 g/mol. The summed E-state index contributed by atoms with van der Waals surface area (Å²) in [6, 6.07) is 16.1. The third-order valence-corrected chi connectivity index (χ3v) is 4.72. The van der Waals surface area contributed by atoms with Crippen molar-refractivity contribution in [1.29, 1.82) is 0 Å². The van der Waals surface area contributed by atoms with Gasteiger partial charge in [-0.2, -0.15) is 0 Å². The topological polar surface area (TPSA) is 37.3 Å². The zero-order valence-corrected chi connectivity index (χ0v) is 11.8. The number of hydrogen-bond acceptors (Lipinski definition) is 1. The average molecular weight is 284 g/mol. The first-order chi connectivity index (χ1) is 10.1. The van der Waals surface area contributed by atoms with E-state index in [2.05, 4.69) is 0 Å². The SMILES string of the molecule is CC[C@]1(C(=O)O)[C@H](c2ccccc2F)[C@@H]1c1ccccc1. The first-order valence-corrected chi connectivity index (χ1v) is 7.15. The van der Waals surface area contributed by atoms with E-state index in [1.54, 1.807) is 18.2 Å². The van der Waals surface area contributed by atoms with Crippen molar-refractivity contribution in [1.82, 2.24) is 0 Å². The van der Waals surface area contributed by atoms with Gasteiger partial charge < -0.3 is 5.11 Å². The van der Waals surface area contributed by atoms with Gasteiger partial charge in [0.05, 0.1) is 5.41 Å². The minimum Gasteiger partial charge on any atom is -0.481 e. The van der Waals surface area contributed by atoms with Gasteiger partial charge >= 0.3 is 5.97 Å². The molecule has 1 fully saturated rings. The molecule has 21 heavy (non-hydrogen) atoms. The molecule has 108 valence electrons. The van der Waals surface area contributed by atoms with Crippen LogP contribution in [0.4, 0.5) is 4.39 Å². The normalized spacial score (nSPS) is 27.3. The van der Waals surface area contributed by atoms with Crippen molar-refractivity contribution in [3.8, 4) is 0 Å². The van der Waals surface area contributed by atoms with E-state index in [9.17, 15) is 14.3 Å². The second-order valence-electron chi connectivity index (χ2n) is 5.59. The molecule has 0 radical (unpaired) electrons. The van der Waals surface area contributed by atoms with E-state index in [0.717, 1.165) is 5.56 Å². The first-order valence-electron chi connectivity index (χ1n) is 7.15. The van der Waals surface area contributed by atoms with Gasteiger partial charge in [0, 0.05) is 11.8 Å². The summed E-state index contributed by atoms with van der Waals surface area (Å²) in [5, 5.41) is 9.74. The van der Waals surface area contributed by atoms with Gasteiger partial charge in [0.2, 0.25) is 0 Å². The lowest BCUT2D eigenvalue weighted by Crippen LogP contribution is -2.17. The van der Waals surface area contributed by atoms with Crippen molar-refractivity contribution < 1.29 is 14.3 Å². The van der Waals surface area contributed by atoms with E-state index in [1.165, 1.54) is 6.07 Å². The first kappa shape index (κ1) is 13.8. The quantitative estimate of drug-likeness (QED) is 0.914. The molecule has 0 aliphatic heterocycles. The minimum atomic E-state index is -0.899. The molecule has 2 nitrogen and oxygen atoms in total. The lowest BCUT2D eigenvalue weighted by molar-refractivity contribution is -0.143. The number of carbonyl (C=O) groups is 1. The van der Waals surface area contributed by atoms with Gasteiger partial charge in [-0.25, -0.2) is 4.39 Å². The van der Waals surface area contributed by atoms with Crippen LogP contribution in [0.3, 0.4) is 0 Å². The fourth-order valence-electron chi connectivity index (χ4n) is 3.63. The van der Waals surface area contributed by atoms with Crippen LogP contribution in [0.2, 0.25) is 0 Å². The average Bonchev–Trinajstić information content (AvgIpc) is 3.19. The maximum atomic E-state index is 14.1. The predicted octanol–water partition coefficient (Wildman–Crippen LogP) is 4.19. The Morgan fingerprint density at radius 2 is 1.71 bits per heavy atom. The van der Waals surface area contributed by atoms with Gasteiger partial charge in [-0.1, -0.05) is 55.5 Å². The van der Waals surface area contributed by atoms with Gasteiger partial charge in [-0.05, 0) is 23.6 Å². The van der Waals surface area contributed by atoms with Crippen molar-refractivity contribution in [2.75, 3.05) is 0 Å². The number of rotatable bonds is 4. The Kier molecular flexibility index (Phi) is 3.28. The van der Waals surface area contributed by atoms with Gasteiger partial charge in [-0.15, -0.1) is 0 Å². The van der Waals surface area contributed by atoms with Gasteiger partial charge in [0.1, 0.15) is 5.82 Å². The molecule has 0 saturated heterocycles. The summed E-state index contributed by atoms with van der Waals surface area (Å²) in [7, 11) is 0. The number of carboxylic acid groups (broad SMARTS) is 1. The molecule has 1 saturated carbocycles. The van der Waals surface area contributed by atoms with Crippen LogP contribution < -0.4 is 0 Å². The van der Waals surface area contributed by atoms with E-state index < -0.39 is 11.4 Å². The number of benzene rings is 2. The highest BCUT2D eigenvalue weighted by Gasteiger charge is 2.69. The van der Waals surface area contributed by atoms with Gasteiger partial charge in [0.25, 0.3) is 0 Å². The largest absolute Gasteiger partial charge is 0.481 e. The van der Waals surface area contributed by atoms with Crippen molar-refractivity contribution in [2.45, 2.75) is 25.2 Å². The van der Waals surface area contributed by atoms with Gasteiger partial charge in [0.15, 0.2) is 0 Å². The van der Waals surface area contributed by atoms with Crippen molar-refractivity contribution >= 4 is 5.97 Å². The van der Waals surface area contributed by atoms with Crippen molar-refractivity contribution in [3.63, 3.8) is 0 Å². The number of halogens is 1. The summed E-state index contributed by atoms with van der Waals surface area (Å²) in [6.45, 7) is 1.87. The van der Waals surface area contributed by atoms with Crippen LogP contribution in [0.25, 0.3) is 0 Å². The van der Waals surface area contributed by atoms with E-state index in [-0.39, 0.29) is 17.7 Å². The molecular weight excluding hydrogens is 267 g/mol. The number of aliphatic carboxylic acids is 1. The van der Waals surface area contributed by atoms with Crippen LogP contribution in [0, 0.1) is 11.2 Å². The standard InChI is InChI=1S/C18H17FO2/c1-2-18(17(20)21)15(12-8-4-3-5-9-12)16(18)13-10-6-7-11-14(13)19/h3-11,15-16H,2H2,1H3,(H,20,21)/t15-,16+,18+/m0/s1. The summed E-state index contributed by atoms with van der Waals surface area (Å²) in [5.74, 6) is -1.63. The Hall–Kier alpha value is -2.16. The molecule has 1 aliphatic rings. The summed E-state index contributed by atoms with van der Waals surface area (Å²) in [6.07, 6.45) is 0.487. The molecular formula is C18H17FO2. The van der Waals surface area contributed by atoms with Crippen LogP contribution in [0.15, 0.2) is 54.6 Å². The molecule has 2 aromatic carbocycles. The summed E-state index contributed by atoms with van der Waals surface area (Å²) >= 11 is 0. The molecule has 0 aromatic heterocycles. The lowest BCUT2D eigenvalue weighted by Gasteiger charge is -2.10. The van der Waals surface area contributed by atoms with Crippen LogP contribution in [-0.2, 0) is 4.79 Å². The molecule has 0 heterocycles. The summed E-state index contributed by atoms with van der Waals surface area (Å²) < 4.78 is 14.1. The zero-order chi connectivity index (χ0) is 15.0. The molecule has 2 aromatic rings. The van der Waals surface area contributed by atoms with Crippen LogP contribution >= 0.6 is 0 Å². The van der Waals surface area contributed by atoms with Crippen molar-refractivity contribution in [3.05, 3.63) is 71.5 Å². The minimum absolute atomic E-state index is 0.168. The third kappa shape index (κ3) is 1.96. The van der Waals surface area contributed by atoms with Crippen LogP contribution in [0.5, 0.6) is 0 Å². The smallest absolute Gasteiger partial charge is 0.310 e. The maximum Gasteiger partial charge on any atom is 0.310 e. The third-order valence-electron chi connectivity index (χ3n) is 4.72. The van der Waals surface area contributed by atoms with E-state index in [4.69, 9.17) is 0 Å². The highest BCUT2D eigenvalue weighted by molar-refractivity contribution is 5.84. The maximum absolute atomic E-state index is 14.1. The number of hydrogen-bond donors (Lipinski definition) is 1. The molecule has 3 rings (SSSR count). The molecule has 0 spiro atoms. The van der Waals surface area contributed by atoms with Gasteiger partial charge in [-0.3, -0.25) is 4.79 Å². The van der Waals surface area contributed by atoms with E-state index >= 15 is 0 Å². The van der Waals surface area contributed by atoms with E-state index in [0.29, 0.717) is 12.0 Å². The Morgan fingerprint density at radius 3 is 2.29 bits per heavy atom. The van der Waals surface area contributed by atoms with Crippen LogP contribution in [0.1, 0.15) is 36.3 Å². The Labute approximate surface area is 123 Å². The molecule has 3 heteroatoms. The lowest BCUT2D eigenvalue weighted by atomic mass is 9.94. The van der Waals surface area contributed by atoms with Crippen LogP contribution in [-0.4, -0.2) is 11.1 Å². The molecule has 0 unspecified atom stereocenters. The fourth-order valence-corrected chi connectivity index (χ4v) is 3.63. The zero-order valence-electron chi connectivity index (χ0n) is 11.8. The Bertz CT molecular complexity index is 668. The molecule has 0 bridgehead atoms.